The first kappa shape index (κ1) is 18.5. The predicted molar refractivity (Wildman–Crippen MR) is 94.3 cm³/mol. The van der Waals surface area contributed by atoms with Gasteiger partial charge in [0.2, 0.25) is 0 Å². The second kappa shape index (κ2) is 8.86. The number of fused-ring (bicyclic) bond motifs is 1. The van der Waals surface area contributed by atoms with E-state index < -0.39 is 11.8 Å². The van der Waals surface area contributed by atoms with Crippen molar-refractivity contribution in [2.75, 3.05) is 13.2 Å². The molecular weight excluding hydrogens is 331 g/mol. The Balaban J connectivity index is 2.11. The molecule has 0 aliphatic carbocycles. The zero-order valence-corrected chi connectivity index (χ0v) is 14.3. The third-order valence-electron chi connectivity index (χ3n) is 3.70. The highest BCUT2D eigenvalue weighted by Gasteiger charge is 2.17. The topological polar surface area (TPSA) is 63.5 Å². The van der Waals surface area contributed by atoms with E-state index >= 15 is 0 Å². The summed E-state index contributed by atoms with van der Waals surface area (Å²) in [5, 5.41) is 9.80. The molecule has 0 saturated carbocycles. The van der Waals surface area contributed by atoms with Crippen LogP contribution in [0.4, 0.5) is 4.39 Å². The van der Waals surface area contributed by atoms with Crippen LogP contribution in [0.15, 0.2) is 37.1 Å². The molecule has 0 saturated heterocycles. The first-order chi connectivity index (χ1) is 11.5. The number of hydrogen-bond donors (Lipinski definition) is 2. The Morgan fingerprint density at radius 3 is 3.08 bits per heavy atom. The Kier molecular flexibility index (Phi) is 6.84. The van der Waals surface area contributed by atoms with Crippen molar-refractivity contribution in [2.45, 2.75) is 25.8 Å². The van der Waals surface area contributed by atoms with Gasteiger partial charge < -0.3 is 9.67 Å². The molecule has 0 bridgehead atoms. The minimum absolute atomic E-state index is 0.150. The number of halogens is 1. The molecule has 2 aromatic rings. The lowest BCUT2D eigenvalue weighted by atomic mass is 9.97. The number of carbonyl (C=O) groups is 1. The molecule has 0 spiro atoms. The van der Waals surface area contributed by atoms with Crippen molar-refractivity contribution in [3.8, 4) is 0 Å². The van der Waals surface area contributed by atoms with Gasteiger partial charge in [0.05, 0.1) is 24.4 Å². The molecule has 24 heavy (non-hydrogen) atoms. The summed E-state index contributed by atoms with van der Waals surface area (Å²) < 4.78 is 23.9. The van der Waals surface area contributed by atoms with Gasteiger partial charge in [-0.2, -0.15) is 0 Å². The van der Waals surface area contributed by atoms with Gasteiger partial charge in [0.15, 0.2) is 0 Å². The minimum atomic E-state index is -0.994. The third-order valence-corrected chi connectivity index (χ3v) is 4.28. The average molecular weight is 352 g/mol. The van der Waals surface area contributed by atoms with Crippen LogP contribution in [0.2, 0.25) is 0 Å². The number of hydrogen-bond acceptors (Lipinski definition) is 4. The van der Waals surface area contributed by atoms with E-state index in [1.165, 1.54) is 22.9 Å². The zero-order chi connectivity index (χ0) is 17.5. The molecule has 1 atom stereocenters. The highest BCUT2D eigenvalue weighted by Crippen LogP contribution is 2.31. The summed E-state index contributed by atoms with van der Waals surface area (Å²) in [5.41, 5.74) is 1.29. The maximum atomic E-state index is 14.1. The number of carboxylic acids is 1. The highest BCUT2D eigenvalue weighted by atomic mass is 32.2. The van der Waals surface area contributed by atoms with Crippen LogP contribution in [0.3, 0.4) is 0 Å². The monoisotopic (exact) mass is 352 g/mol. The zero-order valence-electron chi connectivity index (χ0n) is 13.5. The summed E-state index contributed by atoms with van der Waals surface area (Å²) in [5.74, 6) is -1.25. The van der Waals surface area contributed by atoms with Crippen LogP contribution in [0.1, 0.15) is 24.8 Å². The van der Waals surface area contributed by atoms with E-state index in [-0.39, 0.29) is 12.5 Å². The van der Waals surface area contributed by atoms with Crippen LogP contribution in [0.25, 0.3) is 10.9 Å². The molecule has 1 aromatic carbocycles. The van der Waals surface area contributed by atoms with E-state index in [1.807, 2.05) is 13.0 Å². The van der Waals surface area contributed by atoms with Crippen LogP contribution in [0, 0.1) is 5.82 Å². The fourth-order valence-corrected chi connectivity index (χ4v) is 3.05. The number of nitrogens with one attached hydrogen (secondary N) is 1. The summed E-state index contributed by atoms with van der Waals surface area (Å²) in [4.78, 5) is 11.0. The van der Waals surface area contributed by atoms with Crippen molar-refractivity contribution in [1.82, 2.24) is 9.29 Å². The molecule has 2 rings (SSSR count). The average Bonchev–Trinajstić information content (AvgIpc) is 2.90. The summed E-state index contributed by atoms with van der Waals surface area (Å²) in [6, 6.07) is 4.83. The van der Waals surface area contributed by atoms with Crippen LogP contribution < -0.4 is 4.72 Å². The summed E-state index contributed by atoms with van der Waals surface area (Å²) in [6.45, 7) is 6.53. The van der Waals surface area contributed by atoms with Crippen molar-refractivity contribution in [1.29, 1.82) is 0 Å². The van der Waals surface area contributed by atoms with Gasteiger partial charge in [-0.05, 0) is 24.0 Å². The van der Waals surface area contributed by atoms with Crippen molar-refractivity contribution >= 4 is 29.1 Å². The number of nitrogens with zero attached hydrogens (tertiary/aromatic N) is 1. The van der Waals surface area contributed by atoms with Gasteiger partial charge in [-0.3, -0.25) is 8.98 Å². The molecule has 0 fully saturated rings. The molecule has 2 N–H and O–H groups in total. The maximum absolute atomic E-state index is 14.1. The van der Waals surface area contributed by atoms with Crippen LogP contribution >= 0.6 is 12.2 Å². The van der Waals surface area contributed by atoms with E-state index in [0.717, 1.165) is 17.4 Å². The number of benzene rings is 1. The first-order valence-corrected chi connectivity index (χ1v) is 8.40. The number of aliphatic carboxylic acids is 1. The molecule has 1 heterocycles. The molecular formula is C17H21FN2O3S. The van der Waals surface area contributed by atoms with E-state index in [9.17, 15) is 9.18 Å². The highest BCUT2D eigenvalue weighted by molar-refractivity contribution is 7.92. The largest absolute Gasteiger partial charge is 0.480 e. The van der Waals surface area contributed by atoms with Crippen molar-refractivity contribution in [2.24, 2.45) is 0 Å². The molecule has 1 aromatic heterocycles. The van der Waals surface area contributed by atoms with Crippen molar-refractivity contribution in [3.05, 3.63) is 48.4 Å². The Hall–Kier alpha value is -1.83. The van der Waals surface area contributed by atoms with Crippen molar-refractivity contribution in [3.63, 3.8) is 0 Å². The van der Waals surface area contributed by atoms with E-state index in [2.05, 4.69) is 11.3 Å². The van der Waals surface area contributed by atoms with E-state index in [1.54, 1.807) is 18.3 Å². The smallest absolute Gasteiger partial charge is 0.323 e. The molecule has 0 radical (unpaired) electrons. The van der Waals surface area contributed by atoms with Gasteiger partial charge >= 0.3 is 5.97 Å². The SMILES string of the molecule is C=CCOSNCCC(C)c1cn(CC(=O)O)c2c(F)cccc12. The second-order valence-corrected chi connectivity index (χ2v) is 6.17. The van der Waals surface area contributed by atoms with E-state index in [4.69, 9.17) is 9.29 Å². The molecule has 0 amide bonds. The predicted octanol–water partition coefficient (Wildman–Crippen LogP) is 3.71. The van der Waals surface area contributed by atoms with Crippen molar-refractivity contribution < 1.29 is 18.5 Å². The fourth-order valence-electron chi connectivity index (χ4n) is 2.60. The third kappa shape index (κ3) is 4.59. The molecule has 130 valence electrons. The quantitative estimate of drug-likeness (QED) is 0.295. The van der Waals surface area contributed by atoms with Gasteiger partial charge in [-0.15, -0.1) is 6.58 Å². The lowest BCUT2D eigenvalue weighted by Gasteiger charge is -2.11. The Bertz CT molecular complexity index is 717. The number of carboxylic acid groups (broad SMARTS) is 1. The molecule has 0 aliphatic heterocycles. The Labute approximate surface area is 144 Å². The Morgan fingerprint density at radius 1 is 1.58 bits per heavy atom. The van der Waals surface area contributed by atoms with Crippen LogP contribution in [0.5, 0.6) is 0 Å². The molecule has 1 unspecified atom stereocenters. The lowest BCUT2D eigenvalue weighted by molar-refractivity contribution is -0.137. The molecule has 5 nitrogen and oxygen atoms in total. The number of aromatic nitrogens is 1. The maximum Gasteiger partial charge on any atom is 0.323 e. The van der Waals surface area contributed by atoms with Crippen LogP contribution in [-0.2, 0) is 15.5 Å². The second-order valence-electron chi connectivity index (χ2n) is 5.48. The first-order valence-electron chi connectivity index (χ1n) is 7.65. The summed E-state index contributed by atoms with van der Waals surface area (Å²) in [6.07, 6.45) is 4.23. The number of rotatable bonds is 10. The normalized spacial score (nSPS) is 12.4. The van der Waals surface area contributed by atoms with Gasteiger partial charge in [0.1, 0.15) is 12.4 Å². The summed E-state index contributed by atoms with van der Waals surface area (Å²) in [7, 11) is 0. The lowest BCUT2D eigenvalue weighted by Crippen LogP contribution is -2.10. The van der Waals surface area contributed by atoms with E-state index in [0.29, 0.717) is 18.7 Å². The Morgan fingerprint density at radius 2 is 2.38 bits per heavy atom. The molecule has 7 heteroatoms. The standard InChI is InChI=1S/C17H21FN2O3S/c1-3-9-23-24-19-8-7-12(2)14-10-20(11-16(21)22)17-13(14)5-4-6-15(17)18/h3-6,10,12,19H,1,7-9,11H2,2H3,(H,21,22). The summed E-state index contributed by atoms with van der Waals surface area (Å²) >= 11 is 1.17. The number of para-hydroxylation sites is 1. The molecule has 0 aliphatic rings. The van der Waals surface area contributed by atoms with Gasteiger partial charge in [-0.25, -0.2) is 9.11 Å². The fraction of sp³-hybridized carbons (Fsp3) is 0.353. The van der Waals surface area contributed by atoms with Gasteiger partial charge in [-0.1, -0.05) is 25.1 Å². The van der Waals surface area contributed by atoms with Gasteiger partial charge in [0, 0.05) is 18.1 Å². The van der Waals surface area contributed by atoms with Gasteiger partial charge in [0.25, 0.3) is 0 Å². The minimum Gasteiger partial charge on any atom is -0.480 e. The van der Waals surface area contributed by atoms with Crippen LogP contribution in [-0.4, -0.2) is 28.8 Å².